The summed E-state index contributed by atoms with van der Waals surface area (Å²) in [5.74, 6) is -2.50. The molecule has 0 aromatic heterocycles. The van der Waals surface area contributed by atoms with Crippen molar-refractivity contribution >= 4 is 17.8 Å². The van der Waals surface area contributed by atoms with E-state index in [9.17, 15) is 19.5 Å². The first-order chi connectivity index (χ1) is 16.6. The minimum atomic E-state index is -1.10. The van der Waals surface area contributed by atoms with Crippen molar-refractivity contribution in [3.05, 3.63) is 25.3 Å². The van der Waals surface area contributed by atoms with Crippen LogP contribution in [0.5, 0.6) is 0 Å². The maximum atomic E-state index is 14.1. The van der Waals surface area contributed by atoms with Crippen molar-refractivity contribution in [2.24, 2.45) is 11.8 Å². The molecule has 1 spiro atoms. The highest BCUT2D eigenvalue weighted by Crippen LogP contribution is 2.59. The molecule has 0 aromatic carbocycles. The number of carbonyl (C=O) groups excluding carboxylic acids is 3. The molecule has 2 bridgehead atoms. The van der Waals surface area contributed by atoms with Crippen LogP contribution in [0.1, 0.15) is 66.2 Å². The molecular weight excluding hydrogens is 448 g/mol. The number of carbonyl (C=O) groups is 3. The molecule has 196 valence electrons. The smallest absolute Gasteiger partial charge is 0.312 e. The molecule has 0 radical (unpaired) electrons. The first-order valence-corrected chi connectivity index (χ1v) is 12.9. The van der Waals surface area contributed by atoms with Crippen molar-refractivity contribution in [3.8, 4) is 0 Å². The highest BCUT2D eigenvalue weighted by Gasteiger charge is 2.75. The Hall–Kier alpha value is -2.19. The number of allylic oxidation sites excluding steroid dienone is 1. The highest BCUT2D eigenvalue weighted by molar-refractivity contribution is 5.98. The number of amides is 2. The number of aliphatic hydroxyl groups is 1. The van der Waals surface area contributed by atoms with Crippen molar-refractivity contribution in [2.45, 2.75) is 95.5 Å². The first-order valence-electron chi connectivity index (χ1n) is 12.9. The average molecular weight is 491 g/mol. The predicted molar refractivity (Wildman–Crippen MR) is 132 cm³/mol. The number of esters is 1. The first kappa shape index (κ1) is 27.4. The van der Waals surface area contributed by atoms with Gasteiger partial charge >= 0.3 is 5.97 Å². The van der Waals surface area contributed by atoms with Crippen molar-refractivity contribution < 1.29 is 29.0 Å². The van der Waals surface area contributed by atoms with Crippen LogP contribution in [0, 0.1) is 11.8 Å². The molecule has 2 unspecified atom stereocenters. The van der Waals surface area contributed by atoms with Crippen LogP contribution in [-0.4, -0.2) is 81.8 Å². The van der Waals surface area contributed by atoms with Crippen LogP contribution < -0.4 is 0 Å². The van der Waals surface area contributed by atoms with Crippen LogP contribution in [0.4, 0.5) is 0 Å². The van der Waals surface area contributed by atoms with Gasteiger partial charge in [-0.3, -0.25) is 14.4 Å². The summed E-state index contributed by atoms with van der Waals surface area (Å²) >= 11 is 0. The second-order valence-electron chi connectivity index (χ2n) is 10.9. The van der Waals surface area contributed by atoms with Crippen molar-refractivity contribution in [3.63, 3.8) is 0 Å². The largest absolute Gasteiger partial charge is 0.465 e. The fourth-order valence-electron chi connectivity index (χ4n) is 6.08. The fraction of sp³-hybridized carbons (Fsp3) is 0.741. The zero-order valence-electron chi connectivity index (χ0n) is 21.7. The third kappa shape index (κ3) is 4.79. The lowest BCUT2D eigenvalue weighted by atomic mass is 9.70. The third-order valence-corrected chi connectivity index (χ3v) is 7.75. The number of fused-ring (bicyclic) bond motifs is 1. The van der Waals surface area contributed by atoms with Gasteiger partial charge in [0.25, 0.3) is 0 Å². The Labute approximate surface area is 209 Å². The van der Waals surface area contributed by atoms with Crippen LogP contribution >= 0.6 is 0 Å². The van der Waals surface area contributed by atoms with Gasteiger partial charge in [0, 0.05) is 12.1 Å². The van der Waals surface area contributed by atoms with Gasteiger partial charge in [0.05, 0.1) is 37.2 Å². The third-order valence-electron chi connectivity index (χ3n) is 7.75. The number of likely N-dealkylation sites (tertiary alicyclic amines) is 1. The van der Waals surface area contributed by atoms with Gasteiger partial charge in [-0.05, 0) is 59.3 Å². The maximum Gasteiger partial charge on any atom is 0.312 e. The normalized spacial score (nSPS) is 30.2. The second-order valence-corrected chi connectivity index (χ2v) is 10.9. The number of ether oxygens (including phenoxy) is 2. The van der Waals surface area contributed by atoms with Gasteiger partial charge in [-0.15, -0.1) is 13.2 Å². The lowest BCUT2D eigenvalue weighted by Crippen LogP contribution is -2.61. The van der Waals surface area contributed by atoms with Gasteiger partial charge in [-0.25, -0.2) is 0 Å². The Bertz CT molecular complexity index is 832. The van der Waals surface area contributed by atoms with Gasteiger partial charge < -0.3 is 24.4 Å². The Morgan fingerprint density at radius 2 is 2.03 bits per heavy atom. The molecule has 0 aromatic rings. The molecule has 35 heavy (non-hydrogen) atoms. The summed E-state index contributed by atoms with van der Waals surface area (Å²) in [5.41, 5.74) is -1.62. The highest BCUT2D eigenvalue weighted by atomic mass is 16.6. The summed E-state index contributed by atoms with van der Waals surface area (Å²) < 4.78 is 12.0. The van der Waals surface area contributed by atoms with E-state index in [1.54, 1.807) is 11.0 Å². The molecule has 3 rings (SSSR count). The summed E-state index contributed by atoms with van der Waals surface area (Å²) in [5, 5.41) is 10.1. The number of hydrogen-bond donors (Lipinski definition) is 1. The summed E-state index contributed by atoms with van der Waals surface area (Å²) in [7, 11) is 0. The Morgan fingerprint density at radius 3 is 2.60 bits per heavy atom. The van der Waals surface area contributed by atoms with Gasteiger partial charge in [-0.2, -0.15) is 0 Å². The van der Waals surface area contributed by atoms with E-state index in [1.807, 2.05) is 33.8 Å². The van der Waals surface area contributed by atoms with Gasteiger partial charge in [0.15, 0.2) is 0 Å². The zero-order chi connectivity index (χ0) is 26.0. The quantitative estimate of drug-likeness (QED) is 0.257. The molecule has 3 saturated heterocycles. The number of nitrogens with zero attached hydrogens (tertiary/aromatic N) is 2. The van der Waals surface area contributed by atoms with Crippen molar-refractivity contribution in [1.82, 2.24) is 9.80 Å². The van der Waals surface area contributed by atoms with E-state index in [2.05, 4.69) is 13.2 Å². The number of unbranched alkanes of at least 4 members (excludes halogenated alkanes) is 2. The van der Waals surface area contributed by atoms with Crippen LogP contribution in [0.15, 0.2) is 25.3 Å². The predicted octanol–water partition coefficient (Wildman–Crippen LogP) is 2.84. The topological polar surface area (TPSA) is 96.4 Å². The molecule has 3 aliphatic heterocycles. The molecule has 2 amide bonds. The summed E-state index contributed by atoms with van der Waals surface area (Å²) in [4.78, 5) is 44.5. The SMILES string of the molecule is C=CCCCCOC(=O)[C@@H]1[C@H]2C(=O)N([C@@H](CC)CO)C(C(=O)N(CC=C)C(C)(C)C)C23CC[C@H]1O3. The molecule has 0 aliphatic carbocycles. The zero-order valence-corrected chi connectivity index (χ0v) is 21.7. The number of rotatable bonds is 12. The molecule has 3 heterocycles. The molecule has 3 aliphatic rings. The summed E-state index contributed by atoms with van der Waals surface area (Å²) in [6, 6.07) is -1.45. The van der Waals surface area contributed by atoms with Crippen molar-refractivity contribution in [2.75, 3.05) is 19.8 Å². The monoisotopic (exact) mass is 490 g/mol. The van der Waals surface area contributed by atoms with E-state index < -0.39 is 47.1 Å². The van der Waals surface area contributed by atoms with E-state index in [1.165, 1.54) is 4.90 Å². The second kappa shape index (κ2) is 10.8. The van der Waals surface area contributed by atoms with E-state index in [0.29, 0.717) is 25.8 Å². The van der Waals surface area contributed by atoms with Crippen LogP contribution in [0.25, 0.3) is 0 Å². The number of aliphatic hydroxyl groups excluding tert-OH is 1. The lowest BCUT2D eigenvalue weighted by molar-refractivity contribution is -0.157. The Kier molecular flexibility index (Phi) is 8.48. The molecule has 1 N–H and O–H groups in total. The summed E-state index contributed by atoms with van der Waals surface area (Å²) in [6.07, 6.45) is 7.08. The summed E-state index contributed by atoms with van der Waals surface area (Å²) in [6.45, 7) is 15.5. The van der Waals surface area contributed by atoms with E-state index in [4.69, 9.17) is 9.47 Å². The van der Waals surface area contributed by atoms with E-state index in [0.717, 1.165) is 19.3 Å². The van der Waals surface area contributed by atoms with Gasteiger partial charge in [0.2, 0.25) is 11.8 Å². The lowest BCUT2D eigenvalue weighted by Gasteiger charge is -2.43. The molecular formula is C27H42N2O6. The Balaban J connectivity index is 1.96. The van der Waals surface area contributed by atoms with Gasteiger partial charge in [0.1, 0.15) is 11.6 Å². The standard InChI is InChI=1S/C27H42N2O6/c1-7-10-11-12-16-34-25(33)20-19-13-14-27(35-19)21(20)23(31)29(18(9-3)17-30)22(27)24(32)28(15-8-2)26(4,5)6/h7-8,18-22,30H,1-2,9-17H2,3-6H3/t18-,19+,20-,21-,22?,27?/m0/s1. The van der Waals surface area contributed by atoms with Crippen LogP contribution in [-0.2, 0) is 23.9 Å². The maximum absolute atomic E-state index is 14.1. The fourth-order valence-corrected chi connectivity index (χ4v) is 6.08. The van der Waals surface area contributed by atoms with Crippen LogP contribution in [0.3, 0.4) is 0 Å². The van der Waals surface area contributed by atoms with E-state index in [-0.39, 0.29) is 25.0 Å². The molecule has 8 nitrogen and oxygen atoms in total. The Morgan fingerprint density at radius 1 is 1.31 bits per heavy atom. The van der Waals surface area contributed by atoms with Crippen molar-refractivity contribution in [1.29, 1.82) is 0 Å². The van der Waals surface area contributed by atoms with Gasteiger partial charge in [-0.1, -0.05) is 19.1 Å². The minimum absolute atomic E-state index is 0.237. The molecule has 0 saturated carbocycles. The molecule has 6 atom stereocenters. The average Bonchev–Trinajstić information content (AvgIpc) is 3.45. The van der Waals surface area contributed by atoms with E-state index >= 15 is 0 Å². The molecule has 3 fully saturated rings. The molecule has 8 heteroatoms. The minimum Gasteiger partial charge on any atom is -0.465 e. The van der Waals surface area contributed by atoms with Crippen LogP contribution in [0.2, 0.25) is 0 Å². The number of hydrogen-bond acceptors (Lipinski definition) is 6.